The summed E-state index contributed by atoms with van der Waals surface area (Å²) in [7, 11) is 0. The Morgan fingerprint density at radius 1 is 1.56 bits per heavy atom. The molecule has 86 valence electrons. The average Bonchev–Trinajstić information content (AvgIpc) is 2.19. The summed E-state index contributed by atoms with van der Waals surface area (Å²) in [5, 5.41) is 28.2. The number of nitrogens with zero attached hydrogens (tertiary/aromatic N) is 1. The number of benzene rings is 1. The molecular formula is C8H5BrFNO5. The van der Waals surface area contributed by atoms with E-state index in [0.717, 1.165) is 6.07 Å². The van der Waals surface area contributed by atoms with Crippen LogP contribution in [0.3, 0.4) is 0 Å². The quantitative estimate of drug-likeness (QED) is 0.651. The first-order valence-corrected chi connectivity index (χ1v) is 4.68. The second-order valence-corrected chi connectivity index (χ2v) is 3.62. The molecule has 6 nitrogen and oxygen atoms in total. The van der Waals surface area contributed by atoms with Crippen LogP contribution in [0.1, 0.15) is 11.7 Å². The van der Waals surface area contributed by atoms with E-state index in [9.17, 15) is 24.4 Å². The molecule has 0 saturated carbocycles. The zero-order valence-corrected chi connectivity index (χ0v) is 9.14. The number of halogens is 2. The Bertz CT molecular complexity index is 464. The molecule has 1 unspecified atom stereocenters. The number of aliphatic hydroxyl groups is 1. The molecule has 1 rings (SSSR count). The standard InChI is InChI=1S/C8H5BrFNO5/c9-6-4(7(12)8(13)14)1-3(10)2-5(6)11(15)16/h1-2,7,12H,(H,13,14). The van der Waals surface area contributed by atoms with Crippen LogP contribution >= 0.6 is 15.9 Å². The minimum absolute atomic E-state index is 0.256. The zero-order valence-electron chi connectivity index (χ0n) is 7.55. The first-order valence-electron chi connectivity index (χ1n) is 3.88. The maximum atomic E-state index is 13.0. The molecule has 0 aliphatic rings. The number of nitro groups is 1. The van der Waals surface area contributed by atoms with Crippen molar-refractivity contribution in [3.05, 3.63) is 38.1 Å². The molecule has 1 atom stereocenters. The van der Waals surface area contributed by atoms with Crippen molar-refractivity contribution in [2.75, 3.05) is 0 Å². The number of carbonyl (C=O) groups is 1. The summed E-state index contributed by atoms with van der Waals surface area (Å²) in [4.78, 5) is 20.1. The van der Waals surface area contributed by atoms with Crippen LogP contribution in [0.2, 0.25) is 0 Å². The number of hydrogen-bond acceptors (Lipinski definition) is 4. The molecule has 0 aromatic heterocycles. The summed E-state index contributed by atoms with van der Waals surface area (Å²) in [6.07, 6.45) is -2.02. The molecule has 1 aromatic rings. The SMILES string of the molecule is O=C(O)C(O)c1cc(F)cc([N+](=O)[O-])c1Br. The molecular weight excluding hydrogens is 289 g/mol. The lowest BCUT2D eigenvalue weighted by atomic mass is 10.1. The maximum Gasteiger partial charge on any atom is 0.337 e. The van der Waals surface area contributed by atoms with Gasteiger partial charge in [-0.25, -0.2) is 9.18 Å². The van der Waals surface area contributed by atoms with Crippen LogP contribution in [-0.4, -0.2) is 21.1 Å². The summed E-state index contributed by atoms with van der Waals surface area (Å²) in [5.41, 5.74) is -1.05. The van der Waals surface area contributed by atoms with Crippen LogP contribution in [0.15, 0.2) is 16.6 Å². The van der Waals surface area contributed by atoms with Crippen molar-refractivity contribution in [2.24, 2.45) is 0 Å². The average molecular weight is 294 g/mol. The Labute approximate surface area is 96.6 Å². The summed E-state index contributed by atoms with van der Waals surface area (Å²) < 4.78 is 12.7. The van der Waals surface area contributed by atoms with E-state index in [4.69, 9.17) is 5.11 Å². The van der Waals surface area contributed by atoms with Gasteiger partial charge >= 0.3 is 5.97 Å². The molecule has 16 heavy (non-hydrogen) atoms. The highest BCUT2D eigenvalue weighted by Crippen LogP contribution is 2.33. The molecule has 2 N–H and O–H groups in total. The lowest BCUT2D eigenvalue weighted by molar-refractivity contribution is -0.385. The molecule has 8 heteroatoms. The van der Waals surface area contributed by atoms with Gasteiger partial charge in [-0.15, -0.1) is 0 Å². The predicted octanol–water partition coefficient (Wildman–Crippen LogP) is 1.61. The van der Waals surface area contributed by atoms with E-state index in [2.05, 4.69) is 15.9 Å². The third-order valence-electron chi connectivity index (χ3n) is 1.77. The first kappa shape index (κ1) is 12.5. The fourth-order valence-electron chi connectivity index (χ4n) is 1.06. The molecule has 0 bridgehead atoms. The van der Waals surface area contributed by atoms with Crippen molar-refractivity contribution >= 4 is 27.6 Å². The van der Waals surface area contributed by atoms with Gasteiger partial charge in [-0.05, 0) is 22.0 Å². The number of rotatable bonds is 3. The zero-order chi connectivity index (χ0) is 12.5. The molecule has 0 amide bonds. The number of aliphatic hydroxyl groups excluding tert-OH is 1. The Morgan fingerprint density at radius 2 is 2.12 bits per heavy atom. The molecule has 0 fully saturated rings. The van der Waals surface area contributed by atoms with Crippen molar-refractivity contribution < 1.29 is 24.3 Å². The van der Waals surface area contributed by atoms with E-state index in [1.807, 2.05) is 0 Å². The summed E-state index contributed by atoms with van der Waals surface area (Å²) >= 11 is 2.75. The van der Waals surface area contributed by atoms with Crippen molar-refractivity contribution in [1.29, 1.82) is 0 Å². The topological polar surface area (TPSA) is 101 Å². The van der Waals surface area contributed by atoms with Crippen LogP contribution in [0.4, 0.5) is 10.1 Å². The summed E-state index contributed by atoms with van der Waals surface area (Å²) in [5.74, 6) is -2.62. The van der Waals surface area contributed by atoms with Gasteiger partial charge in [-0.3, -0.25) is 10.1 Å². The predicted molar refractivity (Wildman–Crippen MR) is 53.4 cm³/mol. The lowest BCUT2D eigenvalue weighted by Gasteiger charge is -2.08. The van der Waals surface area contributed by atoms with Gasteiger partial charge < -0.3 is 10.2 Å². The molecule has 0 saturated heterocycles. The molecule has 0 aliphatic heterocycles. The smallest absolute Gasteiger partial charge is 0.337 e. The van der Waals surface area contributed by atoms with Crippen LogP contribution in [0.25, 0.3) is 0 Å². The van der Waals surface area contributed by atoms with Crippen molar-refractivity contribution in [1.82, 2.24) is 0 Å². The summed E-state index contributed by atoms with van der Waals surface area (Å²) in [6, 6.07) is 1.35. The fourth-order valence-corrected chi connectivity index (χ4v) is 1.65. The van der Waals surface area contributed by atoms with Gasteiger partial charge in [0.15, 0.2) is 6.10 Å². The normalized spacial score (nSPS) is 12.2. The van der Waals surface area contributed by atoms with E-state index < -0.39 is 34.1 Å². The van der Waals surface area contributed by atoms with E-state index in [1.165, 1.54) is 0 Å². The molecule has 1 aromatic carbocycles. The monoisotopic (exact) mass is 293 g/mol. The van der Waals surface area contributed by atoms with Gasteiger partial charge in [0, 0.05) is 5.56 Å². The largest absolute Gasteiger partial charge is 0.479 e. The van der Waals surface area contributed by atoms with Crippen molar-refractivity contribution in [3.63, 3.8) is 0 Å². The fraction of sp³-hybridized carbons (Fsp3) is 0.125. The highest BCUT2D eigenvalue weighted by atomic mass is 79.9. The number of aliphatic carboxylic acids is 1. The minimum atomic E-state index is -2.02. The number of carboxylic acid groups (broad SMARTS) is 1. The highest BCUT2D eigenvalue weighted by Gasteiger charge is 2.25. The van der Waals surface area contributed by atoms with E-state index in [1.54, 1.807) is 0 Å². The second-order valence-electron chi connectivity index (χ2n) is 2.83. The molecule has 0 radical (unpaired) electrons. The summed E-state index contributed by atoms with van der Waals surface area (Å²) in [6.45, 7) is 0. The maximum absolute atomic E-state index is 13.0. The lowest BCUT2D eigenvalue weighted by Crippen LogP contribution is -2.12. The van der Waals surface area contributed by atoms with Gasteiger partial charge in [-0.2, -0.15) is 0 Å². The second kappa shape index (κ2) is 4.54. The van der Waals surface area contributed by atoms with Gasteiger partial charge in [0.05, 0.1) is 11.0 Å². The molecule has 0 aliphatic carbocycles. The third kappa shape index (κ3) is 2.34. The van der Waals surface area contributed by atoms with Crippen LogP contribution in [0.5, 0.6) is 0 Å². The van der Waals surface area contributed by atoms with Crippen molar-refractivity contribution in [2.45, 2.75) is 6.10 Å². The minimum Gasteiger partial charge on any atom is -0.479 e. The van der Waals surface area contributed by atoms with Gasteiger partial charge in [0.1, 0.15) is 10.3 Å². The van der Waals surface area contributed by atoms with Crippen LogP contribution in [-0.2, 0) is 4.79 Å². The Balaban J connectivity index is 3.40. The number of carboxylic acids is 1. The number of hydrogen-bond donors (Lipinski definition) is 2. The van der Waals surface area contributed by atoms with Gasteiger partial charge in [0.2, 0.25) is 0 Å². The van der Waals surface area contributed by atoms with Crippen LogP contribution in [0, 0.1) is 15.9 Å². The first-order chi connectivity index (χ1) is 7.34. The van der Waals surface area contributed by atoms with Gasteiger partial charge in [0.25, 0.3) is 5.69 Å². The van der Waals surface area contributed by atoms with Crippen LogP contribution < -0.4 is 0 Å². The Morgan fingerprint density at radius 3 is 2.56 bits per heavy atom. The molecule has 0 spiro atoms. The molecule has 0 heterocycles. The highest BCUT2D eigenvalue weighted by molar-refractivity contribution is 9.10. The van der Waals surface area contributed by atoms with E-state index >= 15 is 0 Å². The number of nitro benzene ring substituents is 1. The van der Waals surface area contributed by atoms with E-state index in [-0.39, 0.29) is 4.47 Å². The van der Waals surface area contributed by atoms with E-state index in [0.29, 0.717) is 6.07 Å². The third-order valence-corrected chi connectivity index (χ3v) is 2.64. The Hall–Kier alpha value is -1.54. The Kier molecular flexibility index (Phi) is 3.55. The van der Waals surface area contributed by atoms with Gasteiger partial charge in [-0.1, -0.05) is 0 Å². The van der Waals surface area contributed by atoms with Crippen molar-refractivity contribution in [3.8, 4) is 0 Å².